The van der Waals surface area contributed by atoms with Crippen LogP contribution in [0.15, 0.2) is 42.5 Å². The second kappa shape index (κ2) is 9.17. The van der Waals surface area contributed by atoms with Crippen molar-refractivity contribution in [1.82, 2.24) is 10.2 Å². The van der Waals surface area contributed by atoms with E-state index >= 15 is 0 Å². The zero-order chi connectivity index (χ0) is 19.1. The van der Waals surface area contributed by atoms with Crippen LogP contribution in [-0.2, 0) is 19.1 Å². The molecule has 1 aromatic carbocycles. The molecule has 2 amide bonds. The van der Waals surface area contributed by atoms with Crippen molar-refractivity contribution in [1.29, 1.82) is 0 Å². The number of benzene rings is 1. The molecule has 0 aromatic heterocycles. The van der Waals surface area contributed by atoms with Gasteiger partial charge in [0.05, 0.1) is 6.04 Å². The van der Waals surface area contributed by atoms with Crippen LogP contribution >= 0.6 is 0 Å². The molecule has 3 atom stereocenters. The van der Waals surface area contributed by atoms with Crippen LogP contribution in [0.2, 0.25) is 0 Å². The molecule has 1 aliphatic rings. The number of carbonyl (C=O) groups is 3. The number of amides is 2. The number of rotatable bonds is 2. The molecule has 2 rings (SSSR count). The first-order chi connectivity index (χ1) is 12.4. The van der Waals surface area contributed by atoms with Gasteiger partial charge in [0.2, 0.25) is 11.8 Å². The van der Waals surface area contributed by atoms with Crippen molar-refractivity contribution in [2.24, 2.45) is 0 Å². The molecule has 0 bridgehead atoms. The lowest BCUT2D eigenvalue weighted by atomic mass is 10.0. The van der Waals surface area contributed by atoms with E-state index < -0.39 is 12.1 Å². The van der Waals surface area contributed by atoms with Gasteiger partial charge in [-0.05, 0) is 25.3 Å². The average Bonchev–Trinajstić information content (AvgIpc) is 2.62. The Bertz CT molecular complexity index is 672. The Labute approximate surface area is 154 Å². The van der Waals surface area contributed by atoms with Crippen LogP contribution < -0.4 is 5.32 Å². The molecule has 26 heavy (non-hydrogen) atoms. The highest BCUT2D eigenvalue weighted by atomic mass is 16.5. The molecular formula is C20H26N2O4. The number of cyclic esters (lactones) is 1. The number of carbonyl (C=O) groups excluding carboxylic acids is 3. The van der Waals surface area contributed by atoms with E-state index in [1.807, 2.05) is 49.4 Å². The number of hydrogen-bond acceptors (Lipinski definition) is 4. The van der Waals surface area contributed by atoms with Gasteiger partial charge in [-0.3, -0.25) is 14.4 Å². The van der Waals surface area contributed by atoms with Crippen LogP contribution in [0.1, 0.15) is 44.8 Å². The Balaban J connectivity index is 2.34. The van der Waals surface area contributed by atoms with Crippen LogP contribution in [0.4, 0.5) is 0 Å². The zero-order valence-electron chi connectivity index (χ0n) is 15.5. The molecule has 0 aliphatic carbocycles. The van der Waals surface area contributed by atoms with E-state index in [1.165, 1.54) is 6.92 Å². The van der Waals surface area contributed by atoms with Crippen molar-refractivity contribution in [3.63, 3.8) is 0 Å². The second-order valence-electron chi connectivity index (χ2n) is 6.51. The third kappa shape index (κ3) is 5.18. The predicted octanol–water partition coefficient (Wildman–Crippen LogP) is 2.36. The number of likely N-dealkylation sites (N-methyl/N-ethyl adjacent to an activating group) is 1. The van der Waals surface area contributed by atoms with Crippen LogP contribution in [0.3, 0.4) is 0 Å². The molecule has 0 fully saturated rings. The summed E-state index contributed by atoms with van der Waals surface area (Å²) >= 11 is 0. The summed E-state index contributed by atoms with van der Waals surface area (Å²) in [6.45, 7) is 3.24. The highest BCUT2D eigenvalue weighted by molar-refractivity contribution is 5.87. The number of nitrogens with zero attached hydrogens (tertiary/aromatic N) is 1. The molecule has 1 N–H and O–H groups in total. The topological polar surface area (TPSA) is 75.7 Å². The number of ether oxygens (including phenoxy) is 1. The van der Waals surface area contributed by atoms with Gasteiger partial charge in [-0.25, -0.2) is 0 Å². The van der Waals surface area contributed by atoms with Gasteiger partial charge < -0.3 is 15.0 Å². The Hall–Kier alpha value is -2.63. The lowest BCUT2D eigenvalue weighted by molar-refractivity contribution is -0.156. The SMILES string of the molecule is CC(=O)N[C@@H]1C/C=C\CCC(=O)O[C@@H](c2ccccc2)[C@H](C)N(C)C1=O. The minimum absolute atomic E-state index is 0.213. The third-order valence-electron chi connectivity index (χ3n) is 4.51. The third-order valence-corrected chi connectivity index (χ3v) is 4.51. The molecule has 0 saturated carbocycles. The number of esters is 1. The fourth-order valence-electron chi connectivity index (χ4n) is 2.96. The quantitative estimate of drug-likeness (QED) is 0.650. The molecule has 0 saturated heterocycles. The predicted molar refractivity (Wildman–Crippen MR) is 98.1 cm³/mol. The summed E-state index contributed by atoms with van der Waals surface area (Å²) in [5.74, 6) is -0.763. The Morgan fingerprint density at radius 1 is 1.19 bits per heavy atom. The van der Waals surface area contributed by atoms with Crippen LogP contribution in [0.25, 0.3) is 0 Å². The summed E-state index contributed by atoms with van der Waals surface area (Å²) in [6, 6.07) is 8.37. The Kier molecular flexibility index (Phi) is 6.95. The monoisotopic (exact) mass is 358 g/mol. The van der Waals surface area contributed by atoms with E-state index in [1.54, 1.807) is 11.9 Å². The average molecular weight is 358 g/mol. The van der Waals surface area contributed by atoms with Crippen molar-refractivity contribution < 1.29 is 19.1 Å². The van der Waals surface area contributed by atoms with Gasteiger partial charge in [0.1, 0.15) is 12.1 Å². The van der Waals surface area contributed by atoms with Gasteiger partial charge >= 0.3 is 5.97 Å². The molecule has 6 heteroatoms. The summed E-state index contributed by atoms with van der Waals surface area (Å²) in [5.41, 5.74) is 0.830. The van der Waals surface area contributed by atoms with E-state index in [0.717, 1.165) is 5.56 Å². The maximum atomic E-state index is 12.9. The maximum absolute atomic E-state index is 12.9. The molecule has 1 heterocycles. The smallest absolute Gasteiger partial charge is 0.306 e. The molecule has 0 spiro atoms. The Morgan fingerprint density at radius 2 is 1.88 bits per heavy atom. The molecule has 0 unspecified atom stereocenters. The molecule has 140 valence electrons. The van der Waals surface area contributed by atoms with Crippen LogP contribution in [0.5, 0.6) is 0 Å². The largest absolute Gasteiger partial charge is 0.455 e. The number of nitrogens with one attached hydrogen (secondary N) is 1. The first kappa shape index (κ1) is 19.7. The first-order valence-electron chi connectivity index (χ1n) is 8.83. The maximum Gasteiger partial charge on any atom is 0.306 e. The van der Waals surface area contributed by atoms with Gasteiger partial charge in [0, 0.05) is 20.4 Å². The molecule has 6 nitrogen and oxygen atoms in total. The summed E-state index contributed by atoms with van der Waals surface area (Å²) in [5, 5.41) is 2.71. The zero-order valence-corrected chi connectivity index (χ0v) is 15.5. The van der Waals surface area contributed by atoms with E-state index in [9.17, 15) is 14.4 Å². The fourth-order valence-corrected chi connectivity index (χ4v) is 2.96. The molecular weight excluding hydrogens is 332 g/mol. The lowest BCUT2D eigenvalue weighted by Crippen LogP contribution is -2.50. The van der Waals surface area contributed by atoms with Crippen molar-refractivity contribution in [3.8, 4) is 0 Å². The minimum Gasteiger partial charge on any atom is -0.455 e. The number of allylic oxidation sites excluding steroid dienone is 1. The molecule has 0 radical (unpaired) electrons. The molecule has 1 aromatic rings. The van der Waals surface area contributed by atoms with Crippen LogP contribution in [-0.4, -0.2) is 41.8 Å². The van der Waals surface area contributed by atoms with Crippen molar-refractivity contribution in [2.45, 2.75) is 51.3 Å². The van der Waals surface area contributed by atoms with E-state index in [4.69, 9.17) is 4.74 Å². The summed E-state index contributed by atoms with van der Waals surface area (Å²) in [6.07, 6.45) is 4.28. The van der Waals surface area contributed by atoms with Crippen molar-refractivity contribution in [2.75, 3.05) is 7.05 Å². The first-order valence-corrected chi connectivity index (χ1v) is 8.83. The molecule has 1 aliphatic heterocycles. The van der Waals surface area contributed by atoms with Gasteiger partial charge in [-0.1, -0.05) is 42.5 Å². The van der Waals surface area contributed by atoms with Gasteiger partial charge in [0.15, 0.2) is 0 Å². The Morgan fingerprint density at radius 3 is 2.54 bits per heavy atom. The number of hydrogen-bond donors (Lipinski definition) is 1. The van der Waals surface area contributed by atoms with Gasteiger partial charge in [-0.2, -0.15) is 0 Å². The summed E-state index contributed by atoms with van der Waals surface area (Å²) < 4.78 is 5.70. The lowest BCUT2D eigenvalue weighted by Gasteiger charge is -2.34. The standard InChI is InChI=1S/C20H26N2O4/c1-14-19(16-10-6-4-7-11-16)26-18(24)13-9-5-8-12-17(21-15(2)23)20(25)22(14)3/h4-8,10-11,14,17,19H,9,12-13H2,1-3H3,(H,21,23)/b8-5-/t14-,17+,19+/m0/s1. The second-order valence-corrected chi connectivity index (χ2v) is 6.51. The van der Waals surface area contributed by atoms with Crippen molar-refractivity contribution >= 4 is 17.8 Å². The van der Waals surface area contributed by atoms with Crippen molar-refractivity contribution in [3.05, 3.63) is 48.0 Å². The van der Waals surface area contributed by atoms with Gasteiger partial charge in [-0.15, -0.1) is 0 Å². The van der Waals surface area contributed by atoms with E-state index in [2.05, 4.69) is 5.32 Å². The van der Waals surface area contributed by atoms with E-state index in [-0.39, 0.29) is 30.2 Å². The highest BCUT2D eigenvalue weighted by Gasteiger charge is 2.32. The minimum atomic E-state index is -0.636. The highest BCUT2D eigenvalue weighted by Crippen LogP contribution is 2.26. The summed E-state index contributed by atoms with van der Waals surface area (Å²) in [7, 11) is 1.67. The van der Waals surface area contributed by atoms with E-state index in [0.29, 0.717) is 12.8 Å². The fraction of sp³-hybridized carbons (Fsp3) is 0.450. The van der Waals surface area contributed by atoms with Crippen LogP contribution in [0, 0.1) is 0 Å². The van der Waals surface area contributed by atoms with Gasteiger partial charge in [0.25, 0.3) is 0 Å². The summed E-state index contributed by atoms with van der Waals surface area (Å²) in [4.78, 5) is 38.1. The normalized spacial score (nSPS) is 26.3.